The number of anilines is 1. The van der Waals surface area contributed by atoms with Crippen molar-refractivity contribution in [1.82, 2.24) is 15.0 Å². The Bertz CT molecular complexity index is 1160. The third-order valence-corrected chi connectivity index (χ3v) is 5.92. The standard InChI is InChI=1S/C22H17N5OS/c23-12-15-8-7-14(13-25-15)18-4-3-9-24-21(18)28-17-10-16(11-17)26-22-27-19-5-1-2-6-20(19)29-22/h1-9,13,16-17H,10-11H2,(H,26,27)/t16-,17-. The van der Waals surface area contributed by atoms with Crippen LogP contribution in [0.15, 0.2) is 60.9 Å². The summed E-state index contributed by atoms with van der Waals surface area (Å²) in [5.41, 5.74) is 3.19. The Balaban J connectivity index is 1.24. The average Bonchev–Trinajstić information content (AvgIpc) is 3.15. The minimum absolute atomic E-state index is 0.113. The molecule has 6 nitrogen and oxygen atoms in total. The van der Waals surface area contributed by atoms with Crippen molar-refractivity contribution in [2.75, 3.05) is 5.32 Å². The van der Waals surface area contributed by atoms with Gasteiger partial charge < -0.3 is 10.1 Å². The van der Waals surface area contributed by atoms with E-state index in [2.05, 4.69) is 26.3 Å². The molecule has 4 aromatic rings. The van der Waals surface area contributed by atoms with Crippen molar-refractivity contribution >= 4 is 26.7 Å². The maximum atomic E-state index is 8.92. The topological polar surface area (TPSA) is 83.7 Å². The molecule has 1 aliphatic rings. The molecule has 0 bridgehead atoms. The summed E-state index contributed by atoms with van der Waals surface area (Å²) < 4.78 is 7.35. The van der Waals surface area contributed by atoms with Crippen LogP contribution in [0.3, 0.4) is 0 Å². The Morgan fingerprint density at radius 2 is 1.97 bits per heavy atom. The van der Waals surface area contributed by atoms with Gasteiger partial charge >= 0.3 is 0 Å². The van der Waals surface area contributed by atoms with Crippen LogP contribution in [-0.4, -0.2) is 27.1 Å². The summed E-state index contributed by atoms with van der Waals surface area (Å²) in [6.07, 6.45) is 5.32. The summed E-state index contributed by atoms with van der Waals surface area (Å²) in [6.45, 7) is 0. The zero-order valence-corrected chi connectivity index (χ0v) is 16.3. The van der Waals surface area contributed by atoms with Crippen LogP contribution in [0.25, 0.3) is 21.3 Å². The molecule has 1 aliphatic carbocycles. The number of benzene rings is 1. The molecule has 0 unspecified atom stereocenters. The maximum absolute atomic E-state index is 8.92. The average molecular weight is 399 g/mol. The predicted molar refractivity (Wildman–Crippen MR) is 113 cm³/mol. The molecule has 5 rings (SSSR count). The molecule has 29 heavy (non-hydrogen) atoms. The SMILES string of the molecule is N#Cc1ccc(-c2cccnc2O[C@H]2C[C@H](Nc3nc4ccccc4s3)C2)cn1. The van der Waals surface area contributed by atoms with Gasteiger partial charge in [0.05, 0.1) is 10.2 Å². The van der Waals surface area contributed by atoms with E-state index in [9.17, 15) is 0 Å². The highest BCUT2D eigenvalue weighted by molar-refractivity contribution is 7.22. The van der Waals surface area contributed by atoms with E-state index in [-0.39, 0.29) is 6.10 Å². The molecule has 0 atom stereocenters. The van der Waals surface area contributed by atoms with Gasteiger partial charge in [-0.3, -0.25) is 0 Å². The molecule has 1 fully saturated rings. The molecule has 0 saturated heterocycles. The molecule has 3 heterocycles. The highest BCUT2D eigenvalue weighted by Gasteiger charge is 2.32. The van der Waals surface area contributed by atoms with Crippen molar-refractivity contribution in [3.63, 3.8) is 0 Å². The molecule has 0 spiro atoms. The van der Waals surface area contributed by atoms with Crippen molar-refractivity contribution in [1.29, 1.82) is 5.26 Å². The molecule has 1 N–H and O–H groups in total. The number of nitrogens with zero attached hydrogens (tertiary/aromatic N) is 4. The number of thiazole rings is 1. The number of nitriles is 1. The van der Waals surface area contributed by atoms with Crippen LogP contribution in [0.2, 0.25) is 0 Å². The Morgan fingerprint density at radius 3 is 2.76 bits per heavy atom. The number of hydrogen-bond acceptors (Lipinski definition) is 7. The van der Waals surface area contributed by atoms with Crippen LogP contribution in [0, 0.1) is 11.3 Å². The van der Waals surface area contributed by atoms with E-state index in [4.69, 9.17) is 10.00 Å². The second kappa shape index (κ2) is 7.49. The molecule has 1 aromatic carbocycles. The van der Waals surface area contributed by atoms with Crippen molar-refractivity contribution in [3.05, 3.63) is 66.6 Å². The molecule has 7 heteroatoms. The third-order valence-electron chi connectivity index (χ3n) is 4.95. The third kappa shape index (κ3) is 3.62. The van der Waals surface area contributed by atoms with Crippen molar-refractivity contribution in [3.8, 4) is 23.1 Å². The first kappa shape index (κ1) is 17.6. The highest BCUT2D eigenvalue weighted by Crippen LogP contribution is 2.34. The van der Waals surface area contributed by atoms with E-state index < -0.39 is 0 Å². The number of fused-ring (bicyclic) bond motifs is 1. The molecular weight excluding hydrogens is 382 g/mol. The van der Waals surface area contributed by atoms with E-state index in [0.717, 1.165) is 34.6 Å². The van der Waals surface area contributed by atoms with E-state index in [1.54, 1.807) is 29.8 Å². The number of rotatable bonds is 5. The van der Waals surface area contributed by atoms with Gasteiger partial charge in [-0.15, -0.1) is 0 Å². The second-order valence-corrected chi connectivity index (χ2v) is 7.97. The maximum Gasteiger partial charge on any atom is 0.221 e. The first-order valence-corrected chi connectivity index (χ1v) is 10.2. The zero-order chi connectivity index (χ0) is 19.6. The molecule has 0 radical (unpaired) electrons. The summed E-state index contributed by atoms with van der Waals surface area (Å²) >= 11 is 1.68. The largest absolute Gasteiger partial charge is 0.474 e. The highest BCUT2D eigenvalue weighted by atomic mass is 32.1. The van der Waals surface area contributed by atoms with Crippen LogP contribution in [0.5, 0.6) is 5.88 Å². The van der Waals surface area contributed by atoms with E-state index in [0.29, 0.717) is 17.6 Å². The number of nitrogens with one attached hydrogen (secondary N) is 1. The van der Waals surface area contributed by atoms with Crippen LogP contribution in [0.1, 0.15) is 18.5 Å². The number of hydrogen-bond donors (Lipinski definition) is 1. The lowest BCUT2D eigenvalue weighted by Crippen LogP contribution is -2.42. The number of pyridine rings is 2. The van der Waals surface area contributed by atoms with E-state index in [1.807, 2.05) is 42.5 Å². The summed E-state index contributed by atoms with van der Waals surface area (Å²) in [5, 5.41) is 13.4. The van der Waals surface area contributed by atoms with Gasteiger partial charge in [-0.1, -0.05) is 23.5 Å². The minimum atomic E-state index is 0.113. The Morgan fingerprint density at radius 1 is 1.07 bits per heavy atom. The lowest BCUT2D eigenvalue weighted by molar-refractivity contribution is 0.103. The van der Waals surface area contributed by atoms with E-state index >= 15 is 0 Å². The summed E-state index contributed by atoms with van der Waals surface area (Å²) in [6, 6.07) is 18.0. The van der Waals surface area contributed by atoms with Crippen LogP contribution in [0.4, 0.5) is 5.13 Å². The fourth-order valence-corrected chi connectivity index (χ4v) is 4.31. The zero-order valence-electron chi connectivity index (χ0n) is 15.4. The molecule has 0 aliphatic heterocycles. The fourth-order valence-electron chi connectivity index (χ4n) is 3.37. The smallest absolute Gasteiger partial charge is 0.221 e. The summed E-state index contributed by atoms with van der Waals surface area (Å²) in [7, 11) is 0. The monoisotopic (exact) mass is 399 g/mol. The second-order valence-electron chi connectivity index (χ2n) is 6.94. The first-order valence-electron chi connectivity index (χ1n) is 9.39. The van der Waals surface area contributed by atoms with Gasteiger partial charge in [-0.2, -0.15) is 5.26 Å². The molecule has 142 valence electrons. The summed E-state index contributed by atoms with van der Waals surface area (Å²) in [4.78, 5) is 13.2. The van der Waals surface area contributed by atoms with Crippen molar-refractivity contribution in [2.45, 2.75) is 25.0 Å². The Hall–Kier alpha value is -3.50. The van der Waals surface area contributed by atoms with Gasteiger partial charge in [0.1, 0.15) is 17.9 Å². The van der Waals surface area contributed by atoms with Crippen molar-refractivity contribution < 1.29 is 4.74 Å². The van der Waals surface area contributed by atoms with Gasteiger partial charge in [-0.25, -0.2) is 15.0 Å². The molecule has 0 amide bonds. The lowest BCUT2D eigenvalue weighted by Gasteiger charge is -2.35. The molecular formula is C22H17N5OS. The normalized spacial score (nSPS) is 18.0. The van der Waals surface area contributed by atoms with Gasteiger partial charge in [0.15, 0.2) is 5.13 Å². The number of aromatic nitrogens is 3. The number of para-hydroxylation sites is 1. The van der Waals surface area contributed by atoms with Gasteiger partial charge in [0.2, 0.25) is 5.88 Å². The Kier molecular flexibility index (Phi) is 4.54. The summed E-state index contributed by atoms with van der Waals surface area (Å²) in [5.74, 6) is 0.599. The van der Waals surface area contributed by atoms with Crippen molar-refractivity contribution in [2.24, 2.45) is 0 Å². The van der Waals surface area contributed by atoms with E-state index in [1.165, 1.54) is 4.70 Å². The molecule has 3 aromatic heterocycles. The van der Waals surface area contributed by atoms with Gasteiger partial charge in [0, 0.05) is 42.4 Å². The number of ether oxygens (including phenoxy) is 1. The quantitative estimate of drug-likeness (QED) is 0.526. The molecule has 1 saturated carbocycles. The van der Waals surface area contributed by atoms with Crippen LogP contribution >= 0.6 is 11.3 Å². The van der Waals surface area contributed by atoms with Gasteiger partial charge in [0.25, 0.3) is 0 Å². The van der Waals surface area contributed by atoms with Crippen LogP contribution in [-0.2, 0) is 0 Å². The predicted octanol–water partition coefficient (Wildman–Crippen LogP) is 4.65. The lowest BCUT2D eigenvalue weighted by atomic mass is 9.89. The van der Waals surface area contributed by atoms with Crippen LogP contribution < -0.4 is 10.1 Å². The fraction of sp³-hybridized carbons (Fsp3) is 0.182. The Labute approximate surface area is 171 Å². The first-order chi connectivity index (χ1) is 14.3. The minimum Gasteiger partial charge on any atom is -0.474 e. The van der Waals surface area contributed by atoms with Gasteiger partial charge in [-0.05, 0) is 36.4 Å².